The number of nitrogens with one attached hydrogen (secondary N) is 1. The first-order valence-electron chi connectivity index (χ1n) is 13.7. The van der Waals surface area contributed by atoms with E-state index in [1.54, 1.807) is 24.3 Å². The molecule has 15 heteroatoms. The molecule has 3 rings (SSSR count). The third-order valence-corrected chi connectivity index (χ3v) is 7.71. The van der Waals surface area contributed by atoms with Crippen molar-refractivity contribution in [3.8, 4) is 6.01 Å². The van der Waals surface area contributed by atoms with E-state index in [2.05, 4.69) is 15.0 Å². The molecular formula is C30H37N5O9S. The van der Waals surface area contributed by atoms with Gasteiger partial charge in [0, 0.05) is 17.9 Å². The molecule has 1 heterocycles. The second-order valence-corrected chi connectivity index (χ2v) is 11.5. The van der Waals surface area contributed by atoms with Crippen molar-refractivity contribution in [1.82, 2.24) is 15.0 Å². The van der Waals surface area contributed by atoms with Gasteiger partial charge in [-0.2, -0.15) is 11.8 Å². The van der Waals surface area contributed by atoms with Gasteiger partial charge in [-0.25, -0.2) is 19.4 Å². The quantitative estimate of drug-likeness (QED) is 0.171. The number of carbonyl (C=O) groups excluding carboxylic acids is 4. The fourth-order valence-corrected chi connectivity index (χ4v) is 4.77. The molecule has 3 aromatic rings. The Morgan fingerprint density at radius 2 is 1.64 bits per heavy atom. The summed E-state index contributed by atoms with van der Waals surface area (Å²) in [6, 6.07) is 16.7. The zero-order chi connectivity index (χ0) is 33.0. The number of alkyl carbamates (subject to hydrolysis) is 1. The highest BCUT2D eigenvalue weighted by Crippen LogP contribution is 2.22. The number of esters is 2. The van der Waals surface area contributed by atoms with E-state index < -0.39 is 53.7 Å². The predicted octanol–water partition coefficient (Wildman–Crippen LogP) is 1.11. The Morgan fingerprint density at radius 3 is 2.24 bits per heavy atom. The van der Waals surface area contributed by atoms with Gasteiger partial charge in [0.2, 0.25) is 0 Å². The van der Waals surface area contributed by atoms with Gasteiger partial charge >= 0.3 is 30.0 Å². The SMILES string of the molecule is COC(=O)C(N)Cc1cnc(OC(=O)[C@@](C)(N)CO)n1OC(=O)[C@](C)(CSCc1ccccc1)NC(=O)OCc1ccccc1. The van der Waals surface area contributed by atoms with Gasteiger partial charge in [0.15, 0.2) is 0 Å². The Kier molecular flexibility index (Phi) is 12.5. The van der Waals surface area contributed by atoms with Gasteiger partial charge in [-0.15, -0.1) is 4.73 Å². The zero-order valence-electron chi connectivity index (χ0n) is 25.1. The highest BCUT2D eigenvalue weighted by Gasteiger charge is 2.40. The summed E-state index contributed by atoms with van der Waals surface area (Å²) in [5, 5.41) is 12.1. The second kappa shape index (κ2) is 16.0. The van der Waals surface area contributed by atoms with Crippen LogP contribution in [-0.2, 0) is 42.6 Å². The summed E-state index contributed by atoms with van der Waals surface area (Å²) in [7, 11) is 1.16. The monoisotopic (exact) mass is 643 g/mol. The average molecular weight is 644 g/mol. The van der Waals surface area contributed by atoms with Crippen molar-refractivity contribution in [2.75, 3.05) is 19.5 Å². The van der Waals surface area contributed by atoms with Crippen LogP contribution in [-0.4, -0.2) is 75.4 Å². The highest BCUT2D eigenvalue weighted by atomic mass is 32.2. The fraction of sp³-hybridized carbons (Fsp3) is 0.367. The topological polar surface area (TPSA) is 207 Å². The lowest BCUT2D eigenvalue weighted by molar-refractivity contribution is -0.153. The highest BCUT2D eigenvalue weighted by molar-refractivity contribution is 7.98. The van der Waals surface area contributed by atoms with Gasteiger partial charge in [-0.1, -0.05) is 60.7 Å². The van der Waals surface area contributed by atoms with Crippen molar-refractivity contribution in [3.05, 3.63) is 83.7 Å². The maximum atomic E-state index is 13.8. The Bertz CT molecular complexity index is 1450. The average Bonchev–Trinajstić information content (AvgIpc) is 3.40. The molecular weight excluding hydrogens is 606 g/mol. The first kappa shape index (κ1) is 35.0. The van der Waals surface area contributed by atoms with Crippen LogP contribution in [0.4, 0.5) is 4.79 Å². The molecule has 0 saturated heterocycles. The van der Waals surface area contributed by atoms with Crippen LogP contribution >= 0.6 is 11.8 Å². The van der Waals surface area contributed by atoms with Crippen LogP contribution in [0.25, 0.3) is 0 Å². The molecule has 0 aliphatic heterocycles. The minimum absolute atomic E-state index is 0.0351. The number of hydrogen-bond acceptors (Lipinski definition) is 13. The largest absolute Gasteiger partial charge is 0.468 e. The van der Waals surface area contributed by atoms with E-state index in [4.69, 9.17) is 25.8 Å². The minimum atomic E-state index is -1.81. The van der Waals surface area contributed by atoms with Crippen LogP contribution < -0.4 is 26.4 Å². The molecule has 242 valence electrons. The van der Waals surface area contributed by atoms with E-state index in [0.29, 0.717) is 5.75 Å². The lowest BCUT2D eigenvalue weighted by Gasteiger charge is -2.28. The lowest BCUT2D eigenvalue weighted by atomic mass is 10.1. The third-order valence-electron chi connectivity index (χ3n) is 6.39. The number of nitrogens with two attached hydrogens (primary N) is 2. The Morgan fingerprint density at radius 1 is 1.02 bits per heavy atom. The number of amides is 1. The molecule has 14 nitrogen and oxygen atoms in total. The number of imidazole rings is 1. The maximum absolute atomic E-state index is 13.8. The summed E-state index contributed by atoms with van der Waals surface area (Å²) in [4.78, 5) is 61.0. The van der Waals surface area contributed by atoms with Crippen LogP contribution in [0.3, 0.4) is 0 Å². The molecule has 0 fully saturated rings. The molecule has 1 unspecified atom stereocenters. The van der Waals surface area contributed by atoms with E-state index >= 15 is 0 Å². The molecule has 1 amide bonds. The second-order valence-electron chi connectivity index (χ2n) is 10.5. The van der Waals surface area contributed by atoms with E-state index in [1.807, 2.05) is 36.4 Å². The number of methoxy groups -OCH3 is 1. The van der Waals surface area contributed by atoms with Crippen molar-refractivity contribution >= 4 is 35.8 Å². The number of hydrogen-bond donors (Lipinski definition) is 4. The molecule has 6 N–H and O–H groups in total. The number of ether oxygens (including phenoxy) is 3. The van der Waals surface area contributed by atoms with Gasteiger partial charge in [0.25, 0.3) is 0 Å². The number of aromatic nitrogens is 2. The number of benzene rings is 2. The van der Waals surface area contributed by atoms with E-state index in [9.17, 15) is 24.3 Å². The molecule has 0 saturated carbocycles. The third kappa shape index (κ3) is 10.0. The van der Waals surface area contributed by atoms with Crippen molar-refractivity contribution in [2.45, 2.75) is 49.7 Å². The summed E-state index contributed by atoms with van der Waals surface area (Å²) < 4.78 is 16.0. The number of aliphatic hydroxyl groups is 1. The molecule has 0 spiro atoms. The number of rotatable bonds is 15. The first-order valence-corrected chi connectivity index (χ1v) is 14.9. The molecule has 0 aliphatic carbocycles. The minimum Gasteiger partial charge on any atom is -0.468 e. The first-order chi connectivity index (χ1) is 21.4. The standard InChI is InChI=1S/C30H37N5O9S/c1-29(32,18-36)25(38)43-27-33-15-22(14-23(31)24(37)41-3)35(27)44-26(39)30(2,19-45-17-21-12-8-5-9-13-21)34-28(40)42-16-20-10-6-4-7-11-20/h4-13,15,23,36H,14,16-19,31-32H2,1-3H3,(H,34,40)/t23?,29-,30-/m0/s1. The van der Waals surface area contributed by atoms with Crippen LogP contribution in [0.2, 0.25) is 0 Å². The summed E-state index contributed by atoms with van der Waals surface area (Å²) >= 11 is 1.35. The van der Waals surface area contributed by atoms with Crippen LogP contribution in [0, 0.1) is 0 Å². The van der Waals surface area contributed by atoms with Crippen molar-refractivity contribution in [3.63, 3.8) is 0 Å². The number of thioether (sulfide) groups is 1. The van der Waals surface area contributed by atoms with Crippen molar-refractivity contribution in [2.24, 2.45) is 11.5 Å². The summed E-state index contributed by atoms with van der Waals surface area (Å²) in [6.07, 6.45) is 0.0518. The van der Waals surface area contributed by atoms with Crippen LogP contribution in [0.5, 0.6) is 6.01 Å². The molecule has 45 heavy (non-hydrogen) atoms. The lowest BCUT2D eigenvalue weighted by Crippen LogP contribution is -2.57. The van der Waals surface area contributed by atoms with Gasteiger partial charge in [0.05, 0.1) is 25.6 Å². The summed E-state index contributed by atoms with van der Waals surface area (Å²) in [6.45, 7) is 1.88. The molecule has 0 bridgehead atoms. The Labute approximate surface area is 264 Å². The normalized spacial score (nSPS) is 14.3. The summed E-state index contributed by atoms with van der Waals surface area (Å²) in [5.41, 5.74) is 9.99. The van der Waals surface area contributed by atoms with E-state index in [0.717, 1.165) is 23.0 Å². The molecule has 2 aromatic carbocycles. The van der Waals surface area contributed by atoms with E-state index in [1.165, 1.54) is 31.8 Å². The molecule has 0 aliphatic rings. The summed E-state index contributed by atoms with van der Waals surface area (Å²) in [5.74, 6) is -2.28. The smallest absolute Gasteiger partial charge is 0.408 e. The Hall–Kier alpha value is -4.44. The number of aliphatic hydroxyl groups excluding tert-OH is 1. The Balaban J connectivity index is 1.88. The van der Waals surface area contributed by atoms with Gasteiger partial charge in [-0.05, 0) is 25.0 Å². The van der Waals surface area contributed by atoms with E-state index in [-0.39, 0.29) is 24.5 Å². The van der Waals surface area contributed by atoms with Gasteiger partial charge in [0.1, 0.15) is 23.7 Å². The zero-order valence-corrected chi connectivity index (χ0v) is 26.0. The molecule has 0 radical (unpaired) electrons. The number of carbonyl (C=O) groups is 4. The maximum Gasteiger partial charge on any atom is 0.408 e. The predicted molar refractivity (Wildman–Crippen MR) is 164 cm³/mol. The van der Waals surface area contributed by atoms with Crippen LogP contribution in [0.15, 0.2) is 66.9 Å². The van der Waals surface area contributed by atoms with Crippen LogP contribution in [0.1, 0.15) is 30.7 Å². The van der Waals surface area contributed by atoms with Crippen molar-refractivity contribution < 1.29 is 43.3 Å². The fourth-order valence-electron chi connectivity index (χ4n) is 3.64. The molecule has 3 atom stereocenters. The van der Waals surface area contributed by atoms with Gasteiger partial charge < -0.3 is 40.9 Å². The van der Waals surface area contributed by atoms with Gasteiger partial charge in [-0.3, -0.25) is 4.79 Å². The van der Waals surface area contributed by atoms with Crippen molar-refractivity contribution in [1.29, 1.82) is 0 Å². The molecule has 1 aromatic heterocycles. The number of nitrogens with zero attached hydrogens (tertiary/aromatic N) is 2.